The largest absolute Gasteiger partial charge is 0.497 e. The van der Waals surface area contributed by atoms with E-state index in [-0.39, 0.29) is 18.0 Å². The Balaban J connectivity index is 0.000000251. The minimum atomic E-state index is -1.21. The van der Waals surface area contributed by atoms with Gasteiger partial charge in [-0.25, -0.2) is 0 Å². The molecular weight excluding hydrogens is 462 g/mol. The molecule has 1 aliphatic rings. The first-order valence-electron chi connectivity index (χ1n) is 10.9. The van der Waals surface area contributed by atoms with Gasteiger partial charge in [0, 0.05) is 0 Å². The Morgan fingerprint density at radius 2 is 1.60 bits per heavy atom. The molecule has 1 aliphatic carbocycles. The fourth-order valence-corrected chi connectivity index (χ4v) is 3.91. The molecule has 2 unspecified atom stereocenters. The molecule has 0 aliphatic heterocycles. The van der Waals surface area contributed by atoms with Crippen molar-refractivity contribution in [1.29, 1.82) is 0 Å². The quantitative estimate of drug-likeness (QED) is 0.413. The van der Waals surface area contributed by atoms with Crippen LogP contribution in [0.5, 0.6) is 5.75 Å². The van der Waals surface area contributed by atoms with E-state index in [1.54, 1.807) is 0 Å². The van der Waals surface area contributed by atoms with Crippen LogP contribution in [-0.4, -0.2) is 49.8 Å². The predicted molar refractivity (Wildman–Crippen MR) is 126 cm³/mol. The molecular formula is C22H27N5O8. The van der Waals surface area contributed by atoms with Crippen LogP contribution in [0.3, 0.4) is 0 Å². The number of hydrogen-bond acceptors (Lipinski definition) is 9. The number of aryl methyl sites for hydroxylation is 1. The van der Waals surface area contributed by atoms with Gasteiger partial charge in [0.25, 0.3) is 11.4 Å². The van der Waals surface area contributed by atoms with Crippen LogP contribution in [0.1, 0.15) is 44.4 Å². The first-order chi connectivity index (χ1) is 16.5. The lowest BCUT2D eigenvalue weighted by Gasteiger charge is -2.27. The van der Waals surface area contributed by atoms with Crippen molar-refractivity contribution in [2.75, 3.05) is 13.1 Å². The Hall–Kier alpha value is -4.13. The zero-order valence-electron chi connectivity index (χ0n) is 19.5. The number of amides is 1. The standard InChI is InChI=1S/C16H24N2O.C6H3N3O7/c1-4-18(5-2)12(3)16(19)17-15-11-10-13-8-6-7-9-14(13)15;10-6-4(8(13)14)1-3(7(11)12)2-5(6)9(15)16/h6-9,12,15H,4-5,10-11H2,1-3H3,(H,17,19);1-2,10H. The summed E-state index contributed by atoms with van der Waals surface area (Å²) in [7, 11) is 0. The van der Waals surface area contributed by atoms with Crippen molar-refractivity contribution in [3.8, 4) is 5.75 Å². The summed E-state index contributed by atoms with van der Waals surface area (Å²) < 4.78 is 0. The number of nitro benzene ring substituents is 3. The fraction of sp³-hybridized carbons (Fsp3) is 0.409. The number of hydrogen-bond donors (Lipinski definition) is 2. The second-order valence-electron chi connectivity index (χ2n) is 7.80. The number of fused-ring (bicyclic) bond motifs is 1. The van der Waals surface area contributed by atoms with Crippen LogP contribution in [0.4, 0.5) is 17.1 Å². The zero-order valence-corrected chi connectivity index (χ0v) is 19.5. The Morgan fingerprint density at radius 3 is 2.09 bits per heavy atom. The highest BCUT2D eigenvalue weighted by Gasteiger charge is 2.30. The van der Waals surface area contributed by atoms with Crippen LogP contribution in [0.2, 0.25) is 0 Å². The monoisotopic (exact) mass is 489 g/mol. The summed E-state index contributed by atoms with van der Waals surface area (Å²) in [5.74, 6) is -1.06. The molecule has 35 heavy (non-hydrogen) atoms. The first kappa shape index (κ1) is 27.1. The number of nitro groups is 3. The third-order valence-electron chi connectivity index (χ3n) is 5.85. The molecule has 13 nitrogen and oxygen atoms in total. The SMILES string of the molecule is CCN(CC)C(C)C(=O)NC1CCc2ccccc21.O=[N+]([O-])c1cc([N+](=O)[O-])c(O)c([N+](=O)[O-])c1. The number of benzene rings is 2. The molecule has 0 aromatic heterocycles. The molecule has 188 valence electrons. The second kappa shape index (κ2) is 11.8. The van der Waals surface area contributed by atoms with E-state index in [2.05, 4.69) is 48.3 Å². The Bertz CT molecular complexity index is 1080. The Morgan fingerprint density at radius 1 is 1.06 bits per heavy atom. The average molecular weight is 489 g/mol. The fourth-order valence-electron chi connectivity index (χ4n) is 3.91. The number of phenols is 1. The smallest absolute Gasteiger partial charge is 0.324 e. The normalized spacial score (nSPS) is 14.9. The molecule has 2 aromatic carbocycles. The molecule has 0 saturated heterocycles. The number of phenolic OH excluding ortho intramolecular Hbond substituents is 1. The lowest BCUT2D eigenvalue weighted by Crippen LogP contribution is -2.45. The average Bonchev–Trinajstić information content (AvgIpc) is 3.22. The van der Waals surface area contributed by atoms with E-state index in [1.165, 1.54) is 11.1 Å². The van der Waals surface area contributed by atoms with E-state index in [1.807, 2.05) is 6.92 Å². The van der Waals surface area contributed by atoms with Gasteiger partial charge < -0.3 is 10.4 Å². The van der Waals surface area contributed by atoms with E-state index in [0.717, 1.165) is 25.9 Å². The van der Waals surface area contributed by atoms with E-state index in [4.69, 9.17) is 5.11 Å². The molecule has 2 atom stereocenters. The molecule has 2 aromatic rings. The van der Waals surface area contributed by atoms with Gasteiger partial charge in [-0.2, -0.15) is 0 Å². The third kappa shape index (κ3) is 6.47. The number of carbonyl (C=O) groups is 1. The topological polar surface area (TPSA) is 182 Å². The van der Waals surface area contributed by atoms with Crippen LogP contribution >= 0.6 is 0 Å². The van der Waals surface area contributed by atoms with E-state index in [0.29, 0.717) is 12.1 Å². The molecule has 0 spiro atoms. The number of nitrogens with one attached hydrogen (secondary N) is 1. The zero-order chi connectivity index (χ0) is 26.3. The summed E-state index contributed by atoms with van der Waals surface area (Å²) in [5, 5.41) is 43.4. The van der Waals surface area contributed by atoms with Crippen molar-refractivity contribution in [2.45, 2.75) is 45.7 Å². The summed E-state index contributed by atoms with van der Waals surface area (Å²) in [4.78, 5) is 42.3. The van der Waals surface area contributed by atoms with E-state index < -0.39 is 37.6 Å². The van der Waals surface area contributed by atoms with Crippen LogP contribution in [0, 0.1) is 30.3 Å². The molecule has 0 fully saturated rings. The van der Waals surface area contributed by atoms with Crippen LogP contribution < -0.4 is 5.32 Å². The van der Waals surface area contributed by atoms with E-state index in [9.17, 15) is 35.1 Å². The first-order valence-corrected chi connectivity index (χ1v) is 10.9. The van der Waals surface area contributed by atoms with Gasteiger partial charge in [0.1, 0.15) is 0 Å². The van der Waals surface area contributed by atoms with Crippen molar-refractivity contribution in [3.05, 3.63) is 77.9 Å². The molecule has 0 heterocycles. The summed E-state index contributed by atoms with van der Waals surface area (Å²) >= 11 is 0. The summed E-state index contributed by atoms with van der Waals surface area (Å²) in [6.45, 7) is 8.00. The number of nitrogens with zero attached hydrogens (tertiary/aromatic N) is 4. The van der Waals surface area contributed by atoms with Crippen LogP contribution in [-0.2, 0) is 11.2 Å². The van der Waals surface area contributed by atoms with Gasteiger partial charge in [-0.15, -0.1) is 0 Å². The molecule has 2 N–H and O–H groups in total. The summed E-state index contributed by atoms with van der Waals surface area (Å²) in [5.41, 5.74) is -0.330. The summed E-state index contributed by atoms with van der Waals surface area (Å²) in [6, 6.07) is 9.46. The van der Waals surface area contributed by atoms with Crippen LogP contribution in [0.25, 0.3) is 0 Å². The second-order valence-corrected chi connectivity index (χ2v) is 7.80. The molecule has 0 bridgehead atoms. The predicted octanol–water partition coefficient (Wildman–Crippen LogP) is 3.64. The van der Waals surface area contributed by atoms with Gasteiger partial charge in [-0.05, 0) is 44.0 Å². The molecule has 3 rings (SSSR count). The van der Waals surface area contributed by atoms with Gasteiger partial charge in [-0.3, -0.25) is 40.0 Å². The lowest BCUT2D eigenvalue weighted by atomic mass is 10.1. The van der Waals surface area contributed by atoms with Crippen molar-refractivity contribution < 1.29 is 24.7 Å². The maximum atomic E-state index is 12.3. The maximum Gasteiger partial charge on any atom is 0.324 e. The van der Waals surface area contributed by atoms with Crippen molar-refractivity contribution in [3.63, 3.8) is 0 Å². The summed E-state index contributed by atoms with van der Waals surface area (Å²) in [6.07, 6.45) is 2.09. The maximum absolute atomic E-state index is 12.3. The molecule has 0 saturated carbocycles. The molecule has 13 heteroatoms. The Kier molecular flexibility index (Phi) is 9.17. The van der Waals surface area contributed by atoms with Crippen molar-refractivity contribution >= 4 is 23.0 Å². The van der Waals surface area contributed by atoms with Gasteiger partial charge in [0.05, 0.1) is 39.0 Å². The molecule has 1 amide bonds. The van der Waals surface area contributed by atoms with Crippen molar-refractivity contribution in [1.82, 2.24) is 10.2 Å². The highest BCUT2D eigenvalue weighted by molar-refractivity contribution is 5.82. The number of non-ortho nitro benzene ring substituents is 1. The number of rotatable bonds is 8. The van der Waals surface area contributed by atoms with Crippen LogP contribution in [0.15, 0.2) is 36.4 Å². The molecule has 0 radical (unpaired) electrons. The minimum Gasteiger partial charge on any atom is -0.497 e. The number of carbonyl (C=O) groups excluding carboxylic acids is 1. The minimum absolute atomic E-state index is 0.0530. The highest BCUT2D eigenvalue weighted by Crippen LogP contribution is 2.39. The third-order valence-corrected chi connectivity index (χ3v) is 5.85. The van der Waals surface area contributed by atoms with E-state index >= 15 is 0 Å². The number of likely N-dealkylation sites (N-methyl/N-ethyl adjacent to an activating group) is 1. The van der Waals surface area contributed by atoms with Gasteiger partial charge >= 0.3 is 11.4 Å². The Labute approximate surface area is 200 Å². The van der Waals surface area contributed by atoms with Crippen molar-refractivity contribution in [2.24, 2.45) is 0 Å². The van der Waals surface area contributed by atoms with Gasteiger partial charge in [-0.1, -0.05) is 38.1 Å². The highest BCUT2D eigenvalue weighted by atomic mass is 16.6. The van der Waals surface area contributed by atoms with Gasteiger partial charge in [0.15, 0.2) is 0 Å². The number of aromatic hydroxyl groups is 1. The lowest BCUT2D eigenvalue weighted by molar-refractivity contribution is -0.404. The van der Waals surface area contributed by atoms with Gasteiger partial charge in [0.2, 0.25) is 5.91 Å².